The number of aromatic amines is 2. The highest BCUT2D eigenvalue weighted by Crippen LogP contribution is 2.36. The van der Waals surface area contributed by atoms with Crippen molar-refractivity contribution in [3.63, 3.8) is 0 Å². The third-order valence-corrected chi connectivity index (χ3v) is 7.88. The molecule has 1 unspecified atom stereocenters. The predicted octanol–water partition coefficient (Wildman–Crippen LogP) is 4.80. The molecule has 4 heterocycles. The second-order valence-corrected chi connectivity index (χ2v) is 10.7. The summed E-state index contributed by atoms with van der Waals surface area (Å²) in [7, 11) is 1.74. The summed E-state index contributed by atoms with van der Waals surface area (Å²) in [6.45, 7) is 6.49. The first kappa shape index (κ1) is 25.1. The summed E-state index contributed by atoms with van der Waals surface area (Å²) in [4.78, 5) is 39.0. The highest BCUT2D eigenvalue weighted by atomic mass is 19.1. The molecule has 6 rings (SSSR count). The van der Waals surface area contributed by atoms with Crippen molar-refractivity contribution in [2.75, 3.05) is 20.1 Å². The molecule has 5 aromatic rings. The van der Waals surface area contributed by atoms with E-state index in [0.29, 0.717) is 17.2 Å². The molecule has 9 heteroatoms. The van der Waals surface area contributed by atoms with Gasteiger partial charge in [-0.3, -0.25) is 14.7 Å². The Labute approximate surface area is 225 Å². The molecule has 0 saturated carbocycles. The molecule has 1 aliphatic heterocycles. The minimum absolute atomic E-state index is 0.0186. The number of fused-ring (bicyclic) bond motifs is 2. The SMILES string of the molecule is CC(C)N(C)C(=O)c1cc(F)ccc1-n1cc(C2CCN(Cc3ccc4[nH]c(=O)[nH]c4c3)C2)c2ccncc21. The van der Waals surface area contributed by atoms with Crippen LogP contribution in [-0.2, 0) is 6.54 Å². The Balaban J connectivity index is 1.32. The van der Waals surface area contributed by atoms with Gasteiger partial charge in [-0.2, -0.15) is 0 Å². The van der Waals surface area contributed by atoms with E-state index in [0.717, 1.165) is 53.6 Å². The highest BCUT2D eigenvalue weighted by Gasteiger charge is 2.28. The second kappa shape index (κ2) is 9.81. The molecule has 2 N–H and O–H groups in total. The van der Waals surface area contributed by atoms with Gasteiger partial charge in [-0.25, -0.2) is 9.18 Å². The molecule has 1 fully saturated rings. The normalized spacial score (nSPS) is 16.1. The van der Waals surface area contributed by atoms with Gasteiger partial charge >= 0.3 is 5.69 Å². The Kier molecular flexibility index (Phi) is 6.31. The van der Waals surface area contributed by atoms with Gasteiger partial charge in [0.25, 0.3) is 5.91 Å². The van der Waals surface area contributed by atoms with Crippen LogP contribution >= 0.6 is 0 Å². The molecule has 0 bridgehead atoms. The monoisotopic (exact) mass is 526 g/mol. The maximum atomic E-state index is 14.3. The van der Waals surface area contributed by atoms with Gasteiger partial charge in [-0.05, 0) is 80.3 Å². The summed E-state index contributed by atoms with van der Waals surface area (Å²) in [5, 5.41) is 1.09. The quantitative estimate of drug-likeness (QED) is 0.333. The van der Waals surface area contributed by atoms with Crippen LogP contribution in [0, 0.1) is 5.82 Å². The van der Waals surface area contributed by atoms with Crippen molar-refractivity contribution in [3.8, 4) is 5.69 Å². The van der Waals surface area contributed by atoms with Gasteiger partial charge in [0.1, 0.15) is 5.82 Å². The largest absolute Gasteiger partial charge is 0.339 e. The molecule has 1 aliphatic rings. The first-order valence-electron chi connectivity index (χ1n) is 13.2. The summed E-state index contributed by atoms with van der Waals surface area (Å²) in [6, 6.07) is 12.4. The molecule has 3 aromatic heterocycles. The van der Waals surface area contributed by atoms with Gasteiger partial charge in [-0.1, -0.05) is 6.07 Å². The van der Waals surface area contributed by atoms with Gasteiger partial charge in [0.15, 0.2) is 0 Å². The number of nitrogens with one attached hydrogen (secondary N) is 2. The molecule has 8 nitrogen and oxygen atoms in total. The van der Waals surface area contributed by atoms with Crippen molar-refractivity contribution in [2.45, 2.75) is 38.8 Å². The lowest BCUT2D eigenvalue weighted by Crippen LogP contribution is -2.33. The van der Waals surface area contributed by atoms with E-state index in [-0.39, 0.29) is 17.6 Å². The van der Waals surface area contributed by atoms with Crippen LogP contribution in [-0.4, -0.2) is 61.4 Å². The van der Waals surface area contributed by atoms with E-state index in [1.165, 1.54) is 17.7 Å². The number of rotatable bonds is 6. The summed E-state index contributed by atoms with van der Waals surface area (Å²) in [5.74, 6) is -0.369. The van der Waals surface area contributed by atoms with E-state index in [9.17, 15) is 14.0 Å². The molecule has 0 spiro atoms. The van der Waals surface area contributed by atoms with E-state index in [1.54, 1.807) is 24.2 Å². The number of nitrogens with zero attached hydrogens (tertiary/aromatic N) is 4. The van der Waals surface area contributed by atoms with Gasteiger partial charge in [-0.15, -0.1) is 0 Å². The smallest absolute Gasteiger partial charge is 0.323 e. The maximum Gasteiger partial charge on any atom is 0.323 e. The molecule has 1 saturated heterocycles. The first-order chi connectivity index (χ1) is 18.8. The van der Waals surface area contributed by atoms with Gasteiger partial charge in [0.05, 0.1) is 34.0 Å². The number of hydrogen-bond acceptors (Lipinski definition) is 4. The van der Waals surface area contributed by atoms with Crippen LogP contribution in [0.4, 0.5) is 4.39 Å². The molecular weight excluding hydrogens is 495 g/mol. The van der Waals surface area contributed by atoms with Crippen molar-refractivity contribution in [3.05, 3.63) is 94.0 Å². The number of halogens is 1. The number of amides is 1. The van der Waals surface area contributed by atoms with Crippen molar-refractivity contribution >= 4 is 27.8 Å². The minimum atomic E-state index is -0.442. The Hall–Kier alpha value is -4.24. The fraction of sp³-hybridized carbons (Fsp3) is 0.300. The van der Waals surface area contributed by atoms with Crippen LogP contribution in [0.2, 0.25) is 0 Å². The zero-order valence-corrected chi connectivity index (χ0v) is 22.2. The van der Waals surface area contributed by atoms with E-state index in [1.807, 2.05) is 42.8 Å². The van der Waals surface area contributed by atoms with Crippen molar-refractivity contribution in [1.82, 2.24) is 29.3 Å². The van der Waals surface area contributed by atoms with Crippen LogP contribution in [0.15, 0.2) is 65.8 Å². The van der Waals surface area contributed by atoms with Crippen LogP contribution in [0.25, 0.3) is 27.6 Å². The third kappa shape index (κ3) is 4.63. The summed E-state index contributed by atoms with van der Waals surface area (Å²) in [6.07, 6.45) is 6.69. The fourth-order valence-corrected chi connectivity index (χ4v) is 5.61. The van der Waals surface area contributed by atoms with Crippen LogP contribution in [0.5, 0.6) is 0 Å². The maximum absolute atomic E-state index is 14.3. The van der Waals surface area contributed by atoms with Crippen molar-refractivity contribution in [2.24, 2.45) is 0 Å². The van der Waals surface area contributed by atoms with Crippen LogP contribution in [0.1, 0.15) is 47.7 Å². The molecule has 2 aromatic carbocycles. The highest BCUT2D eigenvalue weighted by molar-refractivity contribution is 5.99. The van der Waals surface area contributed by atoms with Crippen LogP contribution < -0.4 is 5.69 Å². The predicted molar refractivity (Wildman–Crippen MR) is 150 cm³/mol. The van der Waals surface area contributed by atoms with E-state index in [2.05, 4.69) is 32.1 Å². The Bertz CT molecular complexity index is 1750. The average Bonchev–Trinajstić information content (AvgIpc) is 3.63. The Morgan fingerprint density at radius 3 is 2.79 bits per heavy atom. The molecule has 1 atom stereocenters. The van der Waals surface area contributed by atoms with Gasteiger partial charge in [0.2, 0.25) is 0 Å². The molecule has 200 valence electrons. The number of carbonyl (C=O) groups excluding carboxylic acids is 1. The number of H-pyrrole nitrogens is 2. The molecule has 39 heavy (non-hydrogen) atoms. The zero-order valence-electron chi connectivity index (χ0n) is 22.2. The number of aromatic nitrogens is 4. The van der Waals surface area contributed by atoms with E-state index >= 15 is 0 Å². The van der Waals surface area contributed by atoms with E-state index in [4.69, 9.17) is 0 Å². The third-order valence-electron chi connectivity index (χ3n) is 7.88. The summed E-state index contributed by atoms with van der Waals surface area (Å²) >= 11 is 0. The lowest BCUT2D eigenvalue weighted by molar-refractivity contribution is 0.0754. The van der Waals surface area contributed by atoms with Gasteiger partial charge in [0, 0.05) is 44.0 Å². The lowest BCUT2D eigenvalue weighted by Gasteiger charge is -2.23. The Morgan fingerprint density at radius 2 is 1.97 bits per heavy atom. The topological polar surface area (TPSA) is 90.0 Å². The fourth-order valence-electron chi connectivity index (χ4n) is 5.61. The lowest BCUT2D eigenvalue weighted by atomic mass is 9.98. The van der Waals surface area contributed by atoms with Crippen molar-refractivity contribution in [1.29, 1.82) is 0 Å². The van der Waals surface area contributed by atoms with Crippen LogP contribution in [0.3, 0.4) is 0 Å². The number of hydrogen-bond donors (Lipinski definition) is 2. The first-order valence-corrected chi connectivity index (χ1v) is 13.2. The molecular formula is C30H31FN6O2. The van der Waals surface area contributed by atoms with Gasteiger partial charge < -0.3 is 19.4 Å². The number of pyridine rings is 1. The second-order valence-electron chi connectivity index (χ2n) is 10.7. The number of imidazole rings is 1. The molecule has 0 aliphatic carbocycles. The minimum Gasteiger partial charge on any atom is -0.339 e. The van der Waals surface area contributed by atoms with E-state index < -0.39 is 5.82 Å². The number of benzene rings is 2. The zero-order chi connectivity index (χ0) is 27.3. The van der Waals surface area contributed by atoms with Crippen molar-refractivity contribution < 1.29 is 9.18 Å². The molecule has 1 amide bonds. The summed E-state index contributed by atoms with van der Waals surface area (Å²) in [5.41, 5.74) is 5.62. The summed E-state index contributed by atoms with van der Waals surface area (Å²) < 4.78 is 16.3. The average molecular weight is 527 g/mol. The molecule has 0 radical (unpaired) electrons. The number of carbonyl (C=O) groups is 1. The number of likely N-dealkylation sites (tertiary alicyclic amines) is 1. The Morgan fingerprint density at radius 1 is 1.15 bits per heavy atom. The standard InChI is InChI=1S/C30H31FN6O2/c1-18(2)35(3)29(38)23-13-21(31)5-7-27(23)37-17-24(22-8-10-32-14-28(22)37)20-9-11-36(16-20)15-19-4-6-25-26(12-19)34-30(39)33-25/h4-8,10,12-14,17-18,20H,9,11,15-16H2,1-3H3,(H2,33,34,39).